The van der Waals surface area contributed by atoms with E-state index < -0.39 is 0 Å². The highest BCUT2D eigenvalue weighted by Crippen LogP contribution is 2.41. The van der Waals surface area contributed by atoms with E-state index in [2.05, 4.69) is 140 Å². The van der Waals surface area contributed by atoms with Crippen molar-refractivity contribution in [3.05, 3.63) is 223 Å². The van der Waals surface area contributed by atoms with Crippen molar-refractivity contribution in [3.63, 3.8) is 0 Å². The van der Waals surface area contributed by atoms with E-state index in [0.717, 1.165) is 88.2 Å². The fourth-order valence-corrected chi connectivity index (χ4v) is 9.10. The summed E-state index contributed by atoms with van der Waals surface area (Å²) in [5.41, 5.74) is 9.95. The first-order chi connectivity index (χ1) is 31.1. The molecule has 2 aromatic heterocycles. The molecule has 11 rings (SSSR count). The SMILES string of the molecule is C=C/C=C(\C=C)c1ccc2c(c1)oc1cccc(-c3ccc4oc5cccc(C(N=C)=NC(=NCc6ccccc6)c6ccc7c8ccccc8c8ccccc8c7c6)c5c4c3)c12. The van der Waals surface area contributed by atoms with Gasteiger partial charge < -0.3 is 8.83 Å². The molecular formula is C58H39N3O2. The van der Waals surface area contributed by atoms with Gasteiger partial charge in [0.2, 0.25) is 0 Å². The number of fused-ring (bicyclic) bond motifs is 12. The Morgan fingerprint density at radius 2 is 1.14 bits per heavy atom. The highest BCUT2D eigenvalue weighted by molar-refractivity contribution is 6.27. The van der Waals surface area contributed by atoms with Crippen LogP contribution in [0.5, 0.6) is 0 Å². The van der Waals surface area contributed by atoms with Crippen LogP contribution in [0.4, 0.5) is 0 Å². The third-order valence-electron chi connectivity index (χ3n) is 12.0. The zero-order valence-corrected chi connectivity index (χ0v) is 34.4. The zero-order chi connectivity index (χ0) is 42.4. The van der Waals surface area contributed by atoms with Gasteiger partial charge in [0, 0.05) is 32.7 Å². The van der Waals surface area contributed by atoms with Crippen molar-refractivity contribution in [1.82, 2.24) is 0 Å². The van der Waals surface area contributed by atoms with Gasteiger partial charge in [0.05, 0.1) is 6.54 Å². The van der Waals surface area contributed by atoms with Crippen LogP contribution in [0.2, 0.25) is 0 Å². The molecule has 63 heavy (non-hydrogen) atoms. The Morgan fingerprint density at radius 3 is 1.87 bits per heavy atom. The average molecular weight is 810 g/mol. The molecule has 11 aromatic rings. The third kappa shape index (κ3) is 6.46. The van der Waals surface area contributed by atoms with Gasteiger partial charge in [-0.05, 0) is 109 Å². The molecule has 0 aliphatic heterocycles. The Kier molecular flexibility index (Phi) is 9.28. The lowest BCUT2D eigenvalue weighted by molar-refractivity contribution is 0.668. The molecule has 0 amide bonds. The van der Waals surface area contributed by atoms with Crippen molar-refractivity contribution in [2.24, 2.45) is 15.0 Å². The standard InChI is InChI=1S/C58H39N3O2/c1-4-15-37(5-2)38-26-30-47-54(34-38)63-52-24-13-22-41(55(47)52)39-28-31-51-50(32-39)56-48(23-14-25-53(56)62-51)58(59-3)61-57(60-35-36-16-7-6-8-17-36)40-27-29-46-44-20-10-9-18-42(44)43-19-11-12-21-45(43)49(46)33-40/h4-34H,1-3,35H2/b37-15+,60-57?,61-58?. The van der Waals surface area contributed by atoms with E-state index in [4.69, 9.17) is 18.8 Å². The second-order valence-corrected chi connectivity index (χ2v) is 15.6. The van der Waals surface area contributed by atoms with Crippen molar-refractivity contribution in [1.29, 1.82) is 0 Å². The molecule has 5 heteroatoms. The summed E-state index contributed by atoms with van der Waals surface area (Å²) in [7, 11) is 0. The number of aliphatic imine (C=N–C) groups is 3. The van der Waals surface area contributed by atoms with Crippen LogP contribution in [-0.4, -0.2) is 18.4 Å². The molecule has 0 radical (unpaired) electrons. The lowest BCUT2D eigenvalue weighted by Gasteiger charge is -2.12. The molecule has 2 heterocycles. The number of hydrogen-bond acceptors (Lipinski definition) is 3. The first kappa shape index (κ1) is 37.6. The minimum Gasteiger partial charge on any atom is -0.456 e. The topological polar surface area (TPSA) is 63.4 Å². The van der Waals surface area contributed by atoms with Crippen LogP contribution in [0.3, 0.4) is 0 Å². The number of rotatable bonds is 8. The highest BCUT2D eigenvalue weighted by Gasteiger charge is 2.19. The molecule has 0 saturated carbocycles. The Balaban J connectivity index is 1.07. The molecule has 0 spiro atoms. The van der Waals surface area contributed by atoms with Crippen LogP contribution >= 0.6 is 0 Å². The molecule has 0 unspecified atom stereocenters. The zero-order valence-electron chi connectivity index (χ0n) is 34.4. The predicted octanol–water partition coefficient (Wildman–Crippen LogP) is 15.5. The van der Waals surface area contributed by atoms with E-state index in [-0.39, 0.29) is 0 Å². The molecule has 0 atom stereocenters. The molecule has 0 aliphatic rings. The minimum absolute atomic E-state index is 0.444. The van der Waals surface area contributed by atoms with Crippen molar-refractivity contribution >= 4 is 100 Å². The van der Waals surface area contributed by atoms with E-state index in [1.54, 1.807) is 6.08 Å². The Hall–Kier alpha value is -8.41. The van der Waals surface area contributed by atoms with Gasteiger partial charge >= 0.3 is 0 Å². The van der Waals surface area contributed by atoms with Crippen molar-refractivity contribution in [2.45, 2.75) is 6.54 Å². The van der Waals surface area contributed by atoms with Crippen molar-refractivity contribution in [2.75, 3.05) is 0 Å². The molecule has 9 aromatic carbocycles. The van der Waals surface area contributed by atoms with Gasteiger partial charge in [-0.2, -0.15) is 0 Å². The second kappa shape index (κ2) is 15.6. The fraction of sp³-hybridized carbons (Fsp3) is 0.0172. The minimum atomic E-state index is 0.444. The summed E-state index contributed by atoms with van der Waals surface area (Å²) in [4.78, 5) is 15.1. The fourth-order valence-electron chi connectivity index (χ4n) is 9.10. The predicted molar refractivity (Wildman–Crippen MR) is 267 cm³/mol. The smallest absolute Gasteiger partial charge is 0.161 e. The van der Waals surface area contributed by atoms with Crippen molar-refractivity contribution < 1.29 is 8.83 Å². The van der Waals surface area contributed by atoms with Gasteiger partial charge in [-0.25, -0.2) is 9.98 Å². The second-order valence-electron chi connectivity index (χ2n) is 15.6. The molecule has 0 N–H and O–H groups in total. The van der Waals surface area contributed by atoms with Crippen LogP contribution in [0.15, 0.2) is 225 Å². The van der Waals surface area contributed by atoms with Crippen LogP contribution < -0.4 is 0 Å². The summed E-state index contributed by atoms with van der Waals surface area (Å²) in [5.74, 6) is 1.01. The van der Waals surface area contributed by atoms with Gasteiger partial charge in [-0.3, -0.25) is 4.99 Å². The summed E-state index contributed by atoms with van der Waals surface area (Å²) < 4.78 is 13.0. The Morgan fingerprint density at radius 1 is 0.492 bits per heavy atom. The number of furan rings is 2. The molecule has 0 saturated heterocycles. The number of amidine groups is 2. The van der Waals surface area contributed by atoms with E-state index in [1.807, 2.05) is 66.7 Å². The quantitative estimate of drug-likeness (QED) is 0.0664. The van der Waals surface area contributed by atoms with Crippen LogP contribution in [0.25, 0.3) is 92.9 Å². The maximum Gasteiger partial charge on any atom is 0.161 e. The van der Waals surface area contributed by atoms with Gasteiger partial charge in [0.25, 0.3) is 0 Å². The molecule has 5 nitrogen and oxygen atoms in total. The number of benzene rings is 9. The number of nitrogens with zero attached hydrogens (tertiary/aromatic N) is 3. The molecule has 0 aliphatic carbocycles. The molecule has 0 bridgehead atoms. The van der Waals surface area contributed by atoms with Gasteiger partial charge in [0.15, 0.2) is 11.7 Å². The Bertz CT molecular complexity index is 3730. The first-order valence-corrected chi connectivity index (χ1v) is 20.9. The van der Waals surface area contributed by atoms with E-state index in [1.165, 1.54) is 26.9 Å². The lowest BCUT2D eigenvalue weighted by Crippen LogP contribution is -2.06. The summed E-state index contributed by atoms with van der Waals surface area (Å²) >= 11 is 0. The van der Waals surface area contributed by atoms with Crippen LogP contribution in [0.1, 0.15) is 22.3 Å². The molecule has 298 valence electrons. The maximum absolute atomic E-state index is 6.52. The Labute approximate surface area is 363 Å². The molecule has 0 fully saturated rings. The van der Waals surface area contributed by atoms with Crippen LogP contribution in [-0.2, 0) is 6.54 Å². The lowest BCUT2D eigenvalue weighted by atomic mass is 9.93. The van der Waals surface area contributed by atoms with E-state index in [0.29, 0.717) is 18.2 Å². The summed E-state index contributed by atoms with van der Waals surface area (Å²) in [6, 6.07) is 58.8. The van der Waals surface area contributed by atoms with Gasteiger partial charge in [-0.15, -0.1) is 0 Å². The normalized spacial score (nSPS) is 12.7. The summed E-state index contributed by atoms with van der Waals surface area (Å²) in [6.07, 6.45) is 5.55. The number of hydrogen-bond donors (Lipinski definition) is 0. The van der Waals surface area contributed by atoms with Crippen molar-refractivity contribution in [3.8, 4) is 11.1 Å². The molecular weight excluding hydrogens is 771 g/mol. The third-order valence-corrected chi connectivity index (χ3v) is 12.0. The largest absolute Gasteiger partial charge is 0.456 e. The van der Waals surface area contributed by atoms with Gasteiger partial charge in [-0.1, -0.05) is 159 Å². The monoisotopic (exact) mass is 809 g/mol. The van der Waals surface area contributed by atoms with Gasteiger partial charge in [0.1, 0.15) is 22.3 Å². The summed E-state index contributed by atoms with van der Waals surface area (Å²) in [6.45, 7) is 12.4. The van der Waals surface area contributed by atoms with Crippen LogP contribution in [0, 0.1) is 0 Å². The maximum atomic E-state index is 6.52. The summed E-state index contributed by atoms with van der Waals surface area (Å²) in [5, 5.41) is 11.1. The first-order valence-electron chi connectivity index (χ1n) is 20.9. The number of allylic oxidation sites excluding steroid dienone is 4. The van der Waals surface area contributed by atoms with E-state index in [9.17, 15) is 0 Å². The highest BCUT2D eigenvalue weighted by atomic mass is 16.3. The van der Waals surface area contributed by atoms with E-state index >= 15 is 0 Å². The average Bonchev–Trinajstić information content (AvgIpc) is 3.91.